The van der Waals surface area contributed by atoms with Crippen molar-refractivity contribution in [2.24, 2.45) is 0 Å². The van der Waals surface area contributed by atoms with Gasteiger partial charge in [-0.2, -0.15) is 4.98 Å². The summed E-state index contributed by atoms with van der Waals surface area (Å²) in [6.45, 7) is 4.44. The molecule has 0 aliphatic carbocycles. The maximum Gasteiger partial charge on any atom is 0.223 e. The fraction of sp³-hybridized carbons (Fsp3) is 0.364. The molecule has 0 unspecified atom stereocenters. The molecule has 0 spiro atoms. The summed E-state index contributed by atoms with van der Waals surface area (Å²) in [7, 11) is 0. The number of aryl methyl sites for hydroxylation is 2. The van der Waals surface area contributed by atoms with Crippen molar-refractivity contribution in [1.29, 1.82) is 0 Å². The standard InChI is InChI=1S/C11H15N5O/c1-7-5-9(12)6-14-11(7)13-4-3-10-15-8(2)17-16-10/h5-6H,3-4,12H2,1-2H3,(H,13,14). The Labute approximate surface area is 99.2 Å². The zero-order chi connectivity index (χ0) is 12.3. The fourth-order valence-electron chi connectivity index (χ4n) is 1.52. The molecule has 0 fully saturated rings. The van der Waals surface area contributed by atoms with Crippen molar-refractivity contribution in [1.82, 2.24) is 15.1 Å². The molecular weight excluding hydrogens is 218 g/mol. The normalized spacial score (nSPS) is 10.5. The van der Waals surface area contributed by atoms with Crippen LogP contribution in [-0.2, 0) is 6.42 Å². The third-order valence-corrected chi connectivity index (χ3v) is 2.31. The summed E-state index contributed by atoms with van der Waals surface area (Å²) >= 11 is 0. The Bertz CT molecular complexity index is 508. The van der Waals surface area contributed by atoms with Gasteiger partial charge in [0.2, 0.25) is 5.89 Å². The molecule has 6 heteroatoms. The number of nitrogens with zero attached hydrogens (tertiary/aromatic N) is 3. The van der Waals surface area contributed by atoms with E-state index >= 15 is 0 Å². The van der Waals surface area contributed by atoms with Crippen molar-refractivity contribution in [2.45, 2.75) is 20.3 Å². The van der Waals surface area contributed by atoms with E-state index in [1.54, 1.807) is 13.1 Å². The number of hydrogen-bond donors (Lipinski definition) is 2. The molecule has 2 heterocycles. The van der Waals surface area contributed by atoms with E-state index in [4.69, 9.17) is 10.3 Å². The highest BCUT2D eigenvalue weighted by Gasteiger charge is 2.03. The lowest BCUT2D eigenvalue weighted by Gasteiger charge is -2.07. The van der Waals surface area contributed by atoms with Gasteiger partial charge in [-0.3, -0.25) is 0 Å². The highest BCUT2D eigenvalue weighted by molar-refractivity contribution is 5.50. The number of anilines is 2. The van der Waals surface area contributed by atoms with E-state index in [2.05, 4.69) is 20.4 Å². The van der Waals surface area contributed by atoms with E-state index in [0.29, 0.717) is 30.4 Å². The summed E-state index contributed by atoms with van der Waals surface area (Å²) in [5, 5.41) is 7.03. The van der Waals surface area contributed by atoms with Crippen LogP contribution in [0.1, 0.15) is 17.3 Å². The molecule has 0 aliphatic heterocycles. The number of nitrogens with two attached hydrogens (primary N) is 1. The van der Waals surface area contributed by atoms with Gasteiger partial charge in [-0.25, -0.2) is 4.98 Å². The number of pyridine rings is 1. The first-order valence-electron chi connectivity index (χ1n) is 5.40. The lowest BCUT2D eigenvalue weighted by molar-refractivity contribution is 0.387. The van der Waals surface area contributed by atoms with Gasteiger partial charge in [0.25, 0.3) is 0 Å². The summed E-state index contributed by atoms with van der Waals surface area (Å²) in [4.78, 5) is 8.33. The van der Waals surface area contributed by atoms with Crippen molar-refractivity contribution in [3.05, 3.63) is 29.5 Å². The summed E-state index contributed by atoms with van der Waals surface area (Å²) in [6, 6.07) is 1.88. The first-order chi connectivity index (χ1) is 8.15. The van der Waals surface area contributed by atoms with Gasteiger partial charge >= 0.3 is 0 Å². The van der Waals surface area contributed by atoms with E-state index in [-0.39, 0.29) is 0 Å². The van der Waals surface area contributed by atoms with Crippen molar-refractivity contribution in [3.8, 4) is 0 Å². The fourth-order valence-corrected chi connectivity index (χ4v) is 1.52. The van der Waals surface area contributed by atoms with E-state index in [1.807, 2.05) is 13.0 Å². The quantitative estimate of drug-likeness (QED) is 0.827. The van der Waals surface area contributed by atoms with Gasteiger partial charge in [0.15, 0.2) is 5.82 Å². The van der Waals surface area contributed by atoms with Crippen molar-refractivity contribution >= 4 is 11.5 Å². The van der Waals surface area contributed by atoms with E-state index < -0.39 is 0 Å². The van der Waals surface area contributed by atoms with Crippen LogP contribution in [0.2, 0.25) is 0 Å². The second-order valence-corrected chi connectivity index (χ2v) is 3.84. The minimum absolute atomic E-state index is 0.585. The maximum absolute atomic E-state index is 5.63. The molecule has 0 bridgehead atoms. The molecule has 6 nitrogen and oxygen atoms in total. The van der Waals surface area contributed by atoms with Gasteiger partial charge in [-0.1, -0.05) is 5.16 Å². The van der Waals surface area contributed by atoms with Crippen LogP contribution in [0.3, 0.4) is 0 Å². The minimum atomic E-state index is 0.585. The number of nitrogen functional groups attached to an aromatic ring is 1. The lowest BCUT2D eigenvalue weighted by atomic mass is 10.2. The van der Waals surface area contributed by atoms with Crippen LogP contribution in [0.15, 0.2) is 16.8 Å². The van der Waals surface area contributed by atoms with Crippen LogP contribution in [0.25, 0.3) is 0 Å². The number of rotatable bonds is 4. The molecule has 0 atom stereocenters. The van der Waals surface area contributed by atoms with E-state index in [0.717, 1.165) is 11.4 Å². The van der Waals surface area contributed by atoms with E-state index in [1.165, 1.54) is 0 Å². The average Bonchev–Trinajstić information content (AvgIpc) is 2.68. The Morgan fingerprint density at radius 2 is 2.24 bits per heavy atom. The van der Waals surface area contributed by atoms with Gasteiger partial charge in [0.1, 0.15) is 5.82 Å². The first-order valence-corrected chi connectivity index (χ1v) is 5.40. The molecule has 0 saturated heterocycles. The molecule has 0 radical (unpaired) electrons. The average molecular weight is 233 g/mol. The molecule has 3 N–H and O–H groups in total. The molecule has 90 valence electrons. The zero-order valence-corrected chi connectivity index (χ0v) is 9.90. The monoisotopic (exact) mass is 233 g/mol. The number of aromatic nitrogens is 3. The molecule has 2 aromatic heterocycles. The third kappa shape index (κ3) is 2.93. The van der Waals surface area contributed by atoms with E-state index in [9.17, 15) is 0 Å². The Morgan fingerprint density at radius 1 is 1.41 bits per heavy atom. The van der Waals surface area contributed by atoms with Gasteiger partial charge in [-0.15, -0.1) is 0 Å². The highest BCUT2D eigenvalue weighted by Crippen LogP contribution is 2.13. The molecule has 2 aromatic rings. The van der Waals surface area contributed by atoms with Crippen molar-refractivity contribution in [3.63, 3.8) is 0 Å². The predicted octanol–water partition coefficient (Wildman–Crippen LogP) is 1.32. The maximum atomic E-state index is 5.63. The van der Waals surface area contributed by atoms with Gasteiger partial charge < -0.3 is 15.6 Å². The van der Waals surface area contributed by atoms with Crippen molar-refractivity contribution < 1.29 is 4.52 Å². The Balaban J connectivity index is 1.90. The Morgan fingerprint density at radius 3 is 2.88 bits per heavy atom. The molecule has 0 saturated carbocycles. The molecule has 0 aromatic carbocycles. The Kier molecular flexibility index (Phi) is 3.22. The molecule has 2 rings (SSSR count). The van der Waals surface area contributed by atoms with Gasteiger partial charge in [0, 0.05) is 19.9 Å². The summed E-state index contributed by atoms with van der Waals surface area (Å²) in [5.41, 5.74) is 7.32. The first kappa shape index (κ1) is 11.4. The largest absolute Gasteiger partial charge is 0.397 e. The van der Waals surface area contributed by atoms with Gasteiger partial charge in [0.05, 0.1) is 11.9 Å². The molecule has 17 heavy (non-hydrogen) atoms. The van der Waals surface area contributed by atoms with Crippen LogP contribution in [-0.4, -0.2) is 21.7 Å². The second kappa shape index (κ2) is 4.82. The van der Waals surface area contributed by atoms with Crippen LogP contribution in [0, 0.1) is 13.8 Å². The highest BCUT2D eigenvalue weighted by atomic mass is 16.5. The lowest BCUT2D eigenvalue weighted by Crippen LogP contribution is -2.08. The van der Waals surface area contributed by atoms with Crippen molar-refractivity contribution in [2.75, 3.05) is 17.6 Å². The second-order valence-electron chi connectivity index (χ2n) is 3.84. The summed E-state index contributed by atoms with van der Waals surface area (Å²) < 4.78 is 4.89. The van der Waals surface area contributed by atoms with Crippen LogP contribution < -0.4 is 11.1 Å². The molecule has 0 amide bonds. The molecule has 0 aliphatic rings. The SMILES string of the molecule is Cc1nc(CCNc2ncc(N)cc2C)no1. The minimum Gasteiger partial charge on any atom is -0.397 e. The summed E-state index contributed by atoms with van der Waals surface area (Å²) in [5.74, 6) is 2.12. The molecular formula is C11H15N5O. The smallest absolute Gasteiger partial charge is 0.223 e. The van der Waals surface area contributed by atoms with Crippen LogP contribution in [0.4, 0.5) is 11.5 Å². The third-order valence-electron chi connectivity index (χ3n) is 2.31. The Hall–Kier alpha value is -2.11. The van der Waals surface area contributed by atoms with Gasteiger partial charge in [-0.05, 0) is 18.6 Å². The van der Waals surface area contributed by atoms with Crippen LogP contribution in [0.5, 0.6) is 0 Å². The predicted molar refractivity (Wildman–Crippen MR) is 64.6 cm³/mol. The number of nitrogens with one attached hydrogen (secondary N) is 1. The zero-order valence-electron chi connectivity index (χ0n) is 9.90. The number of hydrogen-bond acceptors (Lipinski definition) is 6. The topological polar surface area (TPSA) is 89.9 Å². The van der Waals surface area contributed by atoms with Crippen LogP contribution >= 0.6 is 0 Å². The summed E-state index contributed by atoms with van der Waals surface area (Å²) in [6.07, 6.45) is 2.33.